The minimum atomic E-state index is -0.898. The molecular weight excluding hydrogens is 965 g/mol. The molecule has 2 unspecified atom stereocenters. The molecule has 0 bridgehead atoms. The second-order valence-electron chi connectivity index (χ2n) is 19.6. The van der Waals surface area contributed by atoms with Gasteiger partial charge >= 0.3 is 5.97 Å². The molecule has 0 aliphatic carbocycles. The SMILES string of the molecule is C.Cc1c(C(=O)O)cc2cc(-c3nccn3C)cn2c1C(C)N1CCOCC1.Cc1cc(C)c(CN)c(=O)[nH]1.Cc1cc(C)c(CNC(=O)c2cc3cc(-c4nccn4C)cn3c(C(C)N3CCOCC3)c2C)c(=O)[nH]1. The fourth-order valence-corrected chi connectivity index (χ4v) is 10.5. The zero-order valence-electron chi connectivity index (χ0n) is 44.7. The predicted molar refractivity (Wildman–Crippen MR) is 296 cm³/mol. The van der Waals surface area contributed by atoms with Crippen molar-refractivity contribution >= 4 is 22.9 Å². The molecule has 19 nitrogen and oxygen atoms in total. The number of amides is 1. The number of hydrogen-bond acceptors (Lipinski definition) is 11. The summed E-state index contributed by atoms with van der Waals surface area (Å²) in [5, 5.41) is 12.7. The maximum atomic E-state index is 13.5. The summed E-state index contributed by atoms with van der Waals surface area (Å²) in [6.07, 6.45) is 11.5. The zero-order chi connectivity index (χ0) is 53.8. The number of hydrogen-bond donors (Lipinski definition) is 5. The number of ether oxygens (including phenoxy) is 2. The second-order valence-corrected chi connectivity index (χ2v) is 19.6. The number of carbonyl (C=O) groups excluding carboxylic acids is 1. The highest BCUT2D eigenvalue weighted by atomic mass is 16.5. The topological polar surface area (TPSA) is 228 Å². The smallest absolute Gasteiger partial charge is 0.336 e. The third kappa shape index (κ3) is 11.8. The van der Waals surface area contributed by atoms with Gasteiger partial charge in [0.1, 0.15) is 11.6 Å². The molecule has 8 aromatic heterocycles. The van der Waals surface area contributed by atoms with Crippen molar-refractivity contribution < 1.29 is 24.2 Å². The van der Waals surface area contributed by atoms with Crippen LogP contribution in [-0.4, -0.2) is 117 Å². The lowest BCUT2D eigenvalue weighted by molar-refractivity contribution is 0.0186. The third-order valence-corrected chi connectivity index (χ3v) is 14.6. The van der Waals surface area contributed by atoms with E-state index < -0.39 is 5.97 Å². The van der Waals surface area contributed by atoms with Crippen LogP contribution >= 0.6 is 0 Å². The molecule has 2 atom stereocenters. The Hall–Kier alpha value is -7.42. The molecular formula is C57H74N12O7. The van der Waals surface area contributed by atoms with Crippen LogP contribution in [0.15, 0.2) is 83.2 Å². The quantitative estimate of drug-likeness (QED) is 0.0874. The van der Waals surface area contributed by atoms with Crippen molar-refractivity contribution in [1.29, 1.82) is 0 Å². The molecule has 2 saturated heterocycles. The summed E-state index contributed by atoms with van der Waals surface area (Å²) >= 11 is 0. The number of aromatic amines is 2. The van der Waals surface area contributed by atoms with Gasteiger partial charge in [0.25, 0.3) is 17.0 Å². The fraction of sp³-hybridized carbons (Fsp3) is 0.404. The summed E-state index contributed by atoms with van der Waals surface area (Å²) in [5.74, 6) is 0.629. The highest BCUT2D eigenvalue weighted by Gasteiger charge is 2.28. The van der Waals surface area contributed by atoms with Crippen LogP contribution in [0.4, 0.5) is 0 Å². The first-order valence-electron chi connectivity index (χ1n) is 25.4. The lowest BCUT2D eigenvalue weighted by Crippen LogP contribution is -2.39. The first-order chi connectivity index (χ1) is 35.9. The molecule has 0 saturated carbocycles. The number of carboxylic acid groups (broad SMARTS) is 1. The van der Waals surface area contributed by atoms with Crippen molar-refractivity contribution in [2.24, 2.45) is 19.8 Å². The summed E-state index contributed by atoms with van der Waals surface area (Å²) in [5.41, 5.74) is 18.4. The Morgan fingerprint density at radius 3 is 1.49 bits per heavy atom. The summed E-state index contributed by atoms with van der Waals surface area (Å²) in [6.45, 7) is 22.3. The van der Waals surface area contributed by atoms with Crippen molar-refractivity contribution in [2.45, 2.75) is 88.0 Å². The number of imidazole rings is 2. The van der Waals surface area contributed by atoms with Crippen LogP contribution in [0.1, 0.15) is 110 Å². The number of H-pyrrole nitrogens is 2. The van der Waals surface area contributed by atoms with Crippen LogP contribution < -0.4 is 22.2 Å². The molecule has 10 rings (SSSR count). The van der Waals surface area contributed by atoms with E-state index in [9.17, 15) is 24.3 Å². The largest absolute Gasteiger partial charge is 0.478 e. The van der Waals surface area contributed by atoms with Crippen LogP contribution in [-0.2, 0) is 36.7 Å². The molecule has 8 aromatic rings. The third-order valence-electron chi connectivity index (χ3n) is 14.6. The monoisotopic (exact) mass is 1040 g/mol. The van der Waals surface area contributed by atoms with Gasteiger partial charge in [-0.2, -0.15) is 0 Å². The van der Waals surface area contributed by atoms with E-state index in [0.29, 0.717) is 55.2 Å². The predicted octanol–water partition coefficient (Wildman–Crippen LogP) is 7.10. The Labute approximate surface area is 443 Å². The van der Waals surface area contributed by atoms with E-state index >= 15 is 0 Å². The number of aromatic carboxylic acids is 1. The van der Waals surface area contributed by atoms with Gasteiger partial charge in [-0.05, 0) is 114 Å². The van der Waals surface area contributed by atoms with E-state index in [1.54, 1.807) is 18.5 Å². The van der Waals surface area contributed by atoms with E-state index in [0.717, 1.165) is 105 Å². The number of nitrogens with zero attached hydrogens (tertiary/aromatic N) is 8. The van der Waals surface area contributed by atoms with E-state index in [2.05, 4.69) is 76.2 Å². The molecule has 10 heterocycles. The second kappa shape index (κ2) is 24.1. The average molecular weight is 1040 g/mol. The molecule has 76 heavy (non-hydrogen) atoms. The number of carbonyl (C=O) groups is 2. The van der Waals surface area contributed by atoms with E-state index in [4.69, 9.17) is 15.2 Å². The Kier molecular flexibility index (Phi) is 17.8. The highest BCUT2D eigenvalue weighted by molar-refractivity contribution is 5.97. The lowest BCUT2D eigenvalue weighted by Gasteiger charge is -2.34. The van der Waals surface area contributed by atoms with Gasteiger partial charge in [-0.1, -0.05) is 7.43 Å². The van der Waals surface area contributed by atoms with Gasteiger partial charge in [0, 0.05) is 164 Å². The minimum absolute atomic E-state index is 0. The van der Waals surface area contributed by atoms with Crippen LogP contribution in [0, 0.1) is 41.5 Å². The Bertz CT molecular complexity index is 3490. The summed E-state index contributed by atoms with van der Waals surface area (Å²) < 4.78 is 19.3. The van der Waals surface area contributed by atoms with Gasteiger partial charge in [0.15, 0.2) is 0 Å². The molecule has 0 aromatic carbocycles. The number of nitrogens with one attached hydrogen (secondary N) is 3. The molecule has 19 heteroatoms. The Balaban J connectivity index is 0.000000188. The van der Waals surface area contributed by atoms with Crippen LogP contribution in [0.5, 0.6) is 0 Å². The number of aryl methyl sites for hydroxylation is 6. The van der Waals surface area contributed by atoms with Gasteiger partial charge in [-0.15, -0.1) is 0 Å². The van der Waals surface area contributed by atoms with Crippen molar-refractivity contribution in [1.82, 2.24) is 53.0 Å². The molecule has 404 valence electrons. The lowest BCUT2D eigenvalue weighted by atomic mass is 10.0. The Morgan fingerprint density at radius 2 is 1.09 bits per heavy atom. The number of rotatable bonds is 11. The standard InChI is InChI=1S/C28H34N6O3.C20H24N4O3.C8H12N2O.CH4/c1-17-12-18(2)31-28(36)24(17)15-30-27(35)23-14-22-13-21(26-29-6-7-32(26)5)16-34(22)25(19(23)3)20(4)33-8-10-37-11-9-33;1-13-17(20(25)26)11-16-10-15(19-21-4-5-22(19)3)12-24(16)18(13)14(2)23-6-8-27-9-7-23;1-5-3-6(2)10-8(11)7(5)4-9;/h6-7,12-14,16,20H,8-11,15H2,1-5H3,(H,30,35)(H,31,36);4-5,10-12,14H,6-9H2,1-3H3,(H,25,26);3H,4,9H2,1-2H3,(H,10,11);1H4. The van der Waals surface area contributed by atoms with Crippen LogP contribution in [0.2, 0.25) is 0 Å². The fourth-order valence-electron chi connectivity index (χ4n) is 10.5. The Morgan fingerprint density at radius 1 is 0.671 bits per heavy atom. The molecule has 1 amide bonds. The van der Waals surface area contributed by atoms with E-state index in [1.807, 2.05) is 101 Å². The maximum absolute atomic E-state index is 13.5. The summed E-state index contributed by atoms with van der Waals surface area (Å²) in [7, 11) is 3.93. The highest BCUT2D eigenvalue weighted by Crippen LogP contribution is 2.33. The van der Waals surface area contributed by atoms with Gasteiger partial charge < -0.3 is 53.5 Å². The van der Waals surface area contributed by atoms with Gasteiger partial charge in [0.2, 0.25) is 0 Å². The van der Waals surface area contributed by atoms with Gasteiger partial charge in [-0.25, -0.2) is 14.8 Å². The van der Waals surface area contributed by atoms with E-state index in [1.165, 1.54) is 0 Å². The number of carboxylic acids is 1. The first kappa shape index (κ1) is 56.3. The van der Waals surface area contributed by atoms with Crippen molar-refractivity contribution in [3.05, 3.63) is 162 Å². The van der Waals surface area contributed by atoms with E-state index in [-0.39, 0.29) is 43.1 Å². The van der Waals surface area contributed by atoms with Crippen molar-refractivity contribution in [3.63, 3.8) is 0 Å². The van der Waals surface area contributed by atoms with Crippen LogP contribution in [0.25, 0.3) is 33.8 Å². The molecule has 0 spiro atoms. The normalized spacial score (nSPS) is 14.8. The number of fused-ring (bicyclic) bond motifs is 2. The number of morpholine rings is 2. The van der Waals surface area contributed by atoms with Crippen molar-refractivity contribution in [2.75, 3.05) is 52.6 Å². The first-order valence-corrected chi connectivity index (χ1v) is 25.4. The van der Waals surface area contributed by atoms with Crippen molar-refractivity contribution in [3.8, 4) is 22.8 Å². The summed E-state index contributed by atoms with van der Waals surface area (Å²) in [6, 6.07) is 11.7. The van der Waals surface area contributed by atoms with Gasteiger partial charge in [0.05, 0.1) is 32.0 Å². The minimum Gasteiger partial charge on any atom is -0.478 e. The molecule has 0 radical (unpaired) electrons. The molecule has 2 aliphatic heterocycles. The number of nitrogens with two attached hydrogens (primary N) is 1. The number of pyridine rings is 4. The number of aromatic nitrogens is 8. The maximum Gasteiger partial charge on any atom is 0.336 e. The molecule has 2 aliphatic rings. The average Bonchev–Trinajstić information content (AvgIpc) is 4.20. The van der Waals surface area contributed by atoms with Gasteiger partial charge in [-0.3, -0.25) is 24.2 Å². The summed E-state index contributed by atoms with van der Waals surface area (Å²) in [4.78, 5) is 68.2. The molecule has 6 N–H and O–H groups in total. The molecule has 2 fully saturated rings. The van der Waals surface area contributed by atoms with Crippen LogP contribution in [0.3, 0.4) is 0 Å². The zero-order valence-corrected chi connectivity index (χ0v) is 44.7.